The van der Waals surface area contributed by atoms with Crippen LogP contribution in [-0.2, 0) is 13.0 Å². The molecule has 2 aliphatic rings. The number of rotatable bonds is 5. The molecule has 1 fully saturated rings. The van der Waals surface area contributed by atoms with Crippen LogP contribution in [-0.4, -0.2) is 53.6 Å². The zero-order valence-corrected chi connectivity index (χ0v) is 16.9. The van der Waals surface area contributed by atoms with Gasteiger partial charge in [0.2, 0.25) is 0 Å². The van der Waals surface area contributed by atoms with E-state index in [-0.39, 0.29) is 17.6 Å². The number of hydrogen-bond donors (Lipinski definition) is 1. The fourth-order valence-electron chi connectivity index (χ4n) is 4.05. The van der Waals surface area contributed by atoms with Gasteiger partial charge in [0.25, 0.3) is 11.8 Å². The highest BCUT2D eigenvalue weighted by atomic mass is 16.5. The van der Waals surface area contributed by atoms with E-state index in [2.05, 4.69) is 10.3 Å². The van der Waals surface area contributed by atoms with E-state index in [9.17, 15) is 9.59 Å². The number of nitrogens with zero attached hydrogens (tertiary/aromatic N) is 3. The summed E-state index contributed by atoms with van der Waals surface area (Å²) in [6.45, 7) is 2.20. The van der Waals surface area contributed by atoms with E-state index in [0.29, 0.717) is 29.4 Å². The van der Waals surface area contributed by atoms with Crippen molar-refractivity contribution in [3.05, 3.63) is 35.4 Å². The third-order valence-corrected chi connectivity index (χ3v) is 5.57. The lowest BCUT2D eigenvalue weighted by Gasteiger charge is -2.19. The quantitative estimate of drug-likeness (QED) is 0.837. The summed E-state index contributed by atoms with van der Waals surface area (Å²) < 4.78 is 12.5. The SMILES string of the molecule is COc1ccc(OC)c(NC(=O)c2nc(C(=O)N3CCCC3)c3n2CCCC3)c1. The van der Waals surface area contributed by atoms with E-state index in [0.717, 1.165) is 50.9 Å². The maximum Gasteiger partial charge on any atom is 0.291 e. The third-order valence-electron chi connectivity index (χ3n) is 5.57. The highest BCUT2D eigenvalue weighted by Crippen LogP contribution is 2.30. The molecule has 8 nitrogen and oxygen atoms in total. The van der Waals surface area contributed by atoms with Gasteiger partial charge in [-0.15, -0.1) is 0 Å². The molecular weight excluding hydrogens is 372 g/mol. The van der Waals surface area contributed by atoms with Crippen LogP contribution in [0.5, 0.6) is 11.5 Å². The predicted octanol–water partition coefficient (Wildman–Crippen LogP) is 2.72. The molecule has 0 radical (unpaired) electrons. The Kier molecular flexibility index (Phi) is 5.42. The smallest absolute Gasteiger partial charge is 0.291 e. The van der Waals surface area contributed by atoms with Gasteiger partial charge in [0.15, 0.2) is 5.82 Å². The first-order valence-electron chi connectivity index (χ1n) is 10.0. The Balaban J connectivity index is 1.66. The lowest BCUT2D eigenvalue weighted by Crippen LogP contribution is -2.29. The van der Waals surface area contributed by atoms with Crippen molar-refractivity contribution in [2.24, 2.45) is 0 Å². The van der Waals surface area contributed by atoms with Gasteiger partial charge < -0.3 is 24.3 Å². The Hall–Kier alpha value is -3.03. The molecule has 1 aromatic heterocycles. The van der Waals surface area contributed by atoms with Crippen molar-refractivity contribution in [3.8, 4) is 11.5 Å². The second-order valence-electron chi connectivity index (χ2n) is 7.36. The van der Waals surface area contributed by atoms with E-state index >= 15 is 0 Å². The Bertz CT molecular complexity index is 931. The van der Waals surface area contributed by atoms with Crippen LogP contribution in [0.1, 0.15) is 52.5 Å². The molecule has 0 spiro atoms. The second kappa shape index (κ2) is 8.14. The molecule has 0 unspecified atom stereocenters. The van der Waals surface area contributed by atoms with Crippen LogP contribution in [0.15, 0.2) is 18.2 Å². The molecule has 1 aromatic carbocycles. The maximum atomic E-state index is 13.1. The topological polar surface area (TPSA) is 85.7 Å². The van der Waals surface area contributed by atoms with Crippen molar-refractivity contribution in [3.63, 3.8) is 0 Å². The summed E-state index contributed by atoms with van der Waals surface area (Å²) in [5.74, 6) is 0.979. The summed E-state index contributed by atoms with van der Waals surface area (Å²) in [5, 5.41) is 2.87. The summed E-state index contributed by atoms with van der Waals surface area (Å²) >= 11 is 0. The minimum Gasteiger partial charge on any atom is -0.497 e. The zero-order chi connectivity index (χ0) is 20.4. The van der Waals surface area contributed by atoms with E-state index in [1.807, 2.05) is 9.47 Å². The lowest BCUT2D eigenvalue weighted by molar-refractivity contribution is 0.0786. The van der Waals surface area contributed by atoms with Crippen molar-refractivity contribution in [1.29, 1.82) is 0 Å². The number of imidazole rings is 1. The molecule has 1 N–H and O–H groups in total. The average Bonchev–Trinajstić information content (AvgIpc) is 3.41. The normalized spacial score (nSPS) is 15.7. The largest absolute Gasteiger partial charge is 0.497 e. The summed E-state index contributed by atoms with van der Waals surface area (Å²) in [6, 6.07) is 5.20. The van der Waals surface area contributed by atoms with Crippen molar-refractivity contribution in [1.82, 2.24) is 14.5 Å². The number of ether oxygens (including phenoxy) is 2. The van der Waals surface area contributed by atoms with Crippen molar-refractivity contribution >= 4 is 17.5 Å². The maximum absolute atomic E-state index is 13.1. The Morgan fingerprint density at radius 3 is 2.52 bits per heavy atom. The molecule has 4 rings (SSSR count). The summed E-state index contributed by atoms with van der Waals surface area (Å²) in [4.78, 5) is 32.4. The highest BCUT2D eigenvalue weighted by Gasteiger charge is 2.31. The number of nitrogens with one attached hydrogen (secondary N) is 1. The molecule has 1 saturated heterocycles. The molecule has 2 aromatic rings. The molecule has 0 atom stereocenters. The number of carbonyl (C=O) groups excluding carboxylic acids is 2. The number of anilines is 1. The standard InChI is InChI=1S/C21H26N4O4/c1-28-14-8-9-17(29-2)15(13-14)22-20(26)19-23-18(16-7-3-4-12-25(16)19)21(27)24-10-5-6-11-24/h8-9,13H,3-7,10-12H2,1-2H3,(H,22,26). The van der Waals surface area contributed by atoms with Gasteiger partial charge in [0.05, 0.1) is 25.6 Å². The first kappa shape index (κ1) is 19.3. The molecular formula is C21H26N4O4. The number of hydrogen-bond acceptors (Lipinski definition) is 5. The molecule has 8 heteroatoms. The van der Waals surface area contributed by atoms with E-state index in [4.69, 9.17) is 9.47 Å². The molecule has 2 aliphatic heterocycles. The van der Waals surface area contributed by atoms with E-state index < -0.39 is 0 Å². The lowest BCUT2D eigenvalue weighted by atomic mass is 10.1. The van der Waals surface area contributed by atoms with Crippen LogP contribution in [0.2, 0.25) is 0 Å². The van der Waals surface area contributed by atoms with Gasteiger partial charge in [-0.2, -0.15) is 0 Å². The first-order valence-corrected chi connectivity index (χ1v) is 10.0. The fourth-order valence-corrected chi connectivity index (χ4v) is 4.05. The van der Waals surface area contributed by atoms with Crippen LogP contribution >= 0.6 is 0 Å². The van der Waals surface area contributed by atoms with Crippen molar-refractivity contribution < 1.29 is 19.1 Å². The van der Waals surface area contributed by atoms with Crippen molar-refractivity contribution in [2.45, 2.75) is 38.6 Å². The minimum absolute atomic E-state index is 0.0637. The number of methoxy groups -OCH3 is 2. The van der Waals surface area contributed by atoms with Gasteiger partial charge in [0, 0.05) is 25.7 Å². The van der Waals surface area contributed by atoms with Crippen molar-refractivity contribution in [2.75, 3.05) is 32.6 Å². The summed E-state index contributed by atoms with van der Waals surface area (Å²) in [6.07, 6.45) is 4.76. The average molecular weight is 398 g/mol. The number of benzene rings is 1. The fraction of sp³-hybridized carbons (Fsp3) is 0.476. The number of aromatic nitrogens is 2. The third kappa shape index (κ3) is 3.66. The Labute approximate surface area is 169 Å². The molecule has 154 valence electrons. The van der Waals surface area contributed by atoms with Gasteiger partial charge in [-0.1, -0.05) is 0 Å². The van der Waals surface area contributed by atoms with Crippen LogP contribution in [0.4, 0.5) is 5.69 Å². The molecule has 0 bridgehead atoms. The summed E-state index contributed by atoms with van der Waals surface area (Å²) in [5.41, 5.74) is 1.79. The monoisotopic (exact) mass is 398 g/mol. The zero-order valence-electron chi connectivity index (χ0n) is 16.9. The number of amides is 2. The second-order valence-corrected chi connectivity index (χ2v) is 7.36. The predicted molar refractivity (Wildman–Crippen MR) is 108 cm³/mol. The minimum atomic E-state index is -0.361. The van der Waals surface area contributed by atoms with Crippen LogP contribution in [0.3, 0.4) is 0 Å². The number of likely N-dealkylation sites (tertiary alicyclic amines) is 1. The molecule has 3 heterocycles. The van der Waals surface area contributed by atoms with Gasteiger partial charge in [-0.25, -0.2) is 4.98 Å². The highest BCUT2D eigenvalue weighted by molar-refractivity contribution is 6.04. The molecule has 0 saturated carbocycles. The van der Waals surface area contributed by atoms with E-state index in [1.165, 1.54) is 0 Å². The van der Waals surface area contributed by atoms with Crippen LogP contribution < -0.4 is 14.8 Å². The molecule has 0 aliphatic carbocycles. The molecule has 29 heavy (non-hydrogen) atoms. The van der Waals surface area contributed by atoms with Gasteiger partial charge in [0.1, 0.15) is 17.2 Å². The van der Waals surface area contributed by atoms with Gasteiger partial charge in [-0.3, -0.25) is 9.59 Å². The molecule has 2 amide bonds. The Morgan fingerprint density at radius 1 is 1.03 bits per heavy atom. The van der Waals surface area contributed by atoms with Gasteiger partial charge >= 0.3 is 0 Å². The van der Waals surface area contributed by atoms with E-state index in [1.54, 1.807) is 32.4 Å². The number of fused-ring (bicyclic) bond motifs is 1. The van der Waals surface area contributed by atoms with Crippen LogP contribution in [0, 0.1) is 0 Å². The Morgan fingerprint density at radius 2 is 1.79 bits per heavy atom. The summed E-state index contributed by atoms with van der Waals surface area (Å²) in [7, 11) is 3.11. The van der Waals surface area contributed by atoms with Gasteiger partial charge in [-0.05, 0) is 44.2 Å². The first-order chi connectivity index (χ1) is 14.1. The van der Waals surface area contributed by atoms with Crippen LogP contribution in [0.25, 0.3) is 0 Å². The number of carbonyl (C=O) groups is 2.